The van der Waals surface area contributed by atoms with Crippen LogP contribution in [0.3, 0.4) is 0 Å². The number of hydrogen-bond acceptors (Lipinski definition) is 3. The van der Waals surface area contributed by atoms with Crippen molar-refractivity contribution in [3.8, 4) is 0 Å². The van der Waals surface area contributed by atoms with Gasteiger partial charge in [0, 0.05) is 24.8 Å². The molecule has 1 aromatic carbocycles. The van der Waals surface area contributed by atoms with Gasteiger partial charge in [-0.15, -0.1) is 0 Å². The van der Waals surface area contributed by atoms with Crippen LogP contribution in [0.4, 0.5) is 11.4 Å². The van der Waals surface area contributed by atoms with Gasteiger partial charge in [0.1, 0.15) is 0 Å². The van der Waals surface area contributed by atoms with Gasteiger partial charge in [0.15, 0.2) is 0 Å². The Labute approximate surface area is 107 Å². The van der Waals surface area contributed by atoms with Gasteiger partial charge in [0.2, 0.25) is 0 Å². The van der Waals surface area contributed by atoms with Crippen molar-refractivity contribution in [2.45, 2.75) is 19.3 Å². The first kappa shape index (κ1) is 12.5. The molecule has 0 radical (unpaired) electrons. The van der Waals surface area contributed by atoms with Gasteiger partial charge in [-0.1, -0.05) is 11.6 Å². The van der Waals surface area contributed by atoms with Gasteiger partial charge in [-0.3, -0.25) is 0 Å². The van der Waals surface area contributed by atoms with Gasteiger partial charge in [0.05, 0.1) is 11.4 Å². The first-order chi connectivity index (χ1) is 8.25. The first-order valence-corrected chi connectivity index (χ1v) is 6.50. The molecule has 94 valence electrons. The summed E-state index contributed by atoms with van der Waals surface area (Å²) in [6, 6.07) is 5.56. The highest BCUT2D eigenvalue weighted by Crippen LogP contribution is 2.23. The highest BCUT2D eigenvalue weighted by Gasteiger charge is 2.13. The van der Waals surface area contributed by atoms with E-state index in [1.807, 2.05) is 12.1 Å². The van der Waals surface area contributed by atoms with Crippen molar-refractivity contribution in [1.29, 1.82) is 0 Å². The van der Waals surface area contributed by atoms with E-state index < -0.39 is 0 Å². The van der Waals surface area contributed by atoms with Crippen molar-refractivity contribution in [1.82, 2.24) is 0 Å². The van der Waals surface area contributed by atoms with Crippen molar-refractivity contribution in [3.63, 3.8) is 0 Å². The highest BCUT2D eigenvalue weighted by molar-refractivity contribution is 6.31. The summed E-state index contributed by atoms with van der Waals surface area (Å²) >= 11 is 5.85. The van der Waals surface area contributed by atoms with Crippen LogP contribution in [-0.2, 0) is 4.74 Å². The topological polar surface area (TPSA) is 47.3 Å². The molecule has 0 spiro atoms. The van der Waals surface area contributed by atoms with Gasteiger partial charge < -0.3 is 15.8 Å². The Morgan fingerprint density at radius 2 is 2.12 bits per heavy atom. The maximum absolute atomic E-state index is 5.87. The number of ether oxygens (including phenoxy) is 1. The third kappa shape index (κ3) is 3.79. The van der Waals surface area contributed by atoms with Gasteiger partial charge in [-0.05, 0) is 43.4 Å². The summed E-state index contributed by atoms with van der Waals surface area (Å²) in [4.78, 5) is 0. The third-order valence-electron chi connectivity index (χ3n) is 3.22. The molecule has 1 aliphatic rings. The number of nitrogens with one attached hydrogen (secondary N) is 1. The molecule has 0 unspecified atom stereocenters. The van der Waals surface area contributed by atoms with Crippen LogP contribution in [-0.4, -0.2) is 19.8 Å². The normalized spacial score (nSPS) is 17.0. The van der Waals surface area contributed by atoms with E-state index in [1.165, 1.54) is 19.3 Å². The van der Waals surface area contributed by atoms with Crippen LogP contribution in [0.15, 0.2) is 18.2 Å². The number of rotatable bonds is 4. The summed E-state index contributed by atoms with van der Waals surface area (Å²) in [5, 5.41) is 4.04. The van der Waals surface area contributed by atoms with Crippen molar-refractivity contribution < 1.29 is 4.74 Å². The van der Waals surface area contributed by atoms with E-state index in [4.69, 9.17) is 22.1 Å². The highest BCUT2D eigenvalue weighted by atomic mass is 35.5. The van der Waals surface area contributed by atoms with Crippen LogP contribution in [0.25, 0.3) is 0 Å². The summed E-state index contributed by atoms with van der Waals surface area (Å²) in [6.45, 7) is 2.78. The molecule has 1 saturated heterocycles. The molecule has 0 bridgehead atoms. The summed E-state index contributed by atoms with van der Waals surface area (Å²) < 4.78 is 5.34. The molecule has 1 heterocycles. The van der Waals surface area contributed by atoms with Crippen LogP contribution >= 0.6 is 11.6 Å². The van der Waals surface area contributed by atoms with E-state index in [0.29, 0.717) is 10.7 Å². The Morgan fingerprint density at radius 3 is 2.82 bits per heavy atom. The van der Waals surface area contributed by atoms with Crippen molar-refractivity contribution in [3.05, 3.63) is 23.2 Å². The summed E-state index contributed by atoms with van der Waals surface area (Å²) in [5.74, 6) is 0.782. The molecule has 2 rings (SSSR count). The number of halogens is 1. The number of nitrogen functional groups attached to an aromatic ring is 1. The van der Waals surface area contributed by atoms with Gasteiger partial charge in [-0.2, -0.15) is 0 Å². The lowest BCUT2D eigenvalue weighted by atomic mass is 9.97. The Balaban J connectivity index is 1.77. The fourth-order valence-corrected chi connectivity index (χ4v) is 2.32. The fourth-order valence-electron chi connectivity index (χ4n) is 2.14. The third-order valence-corrected chi connectivity index (χ3v) is 3.46. The Kier molecular flexibility index (Phi) is 4.51. The predicted octanol–water partition coefficient (Wildman–Crippen LogP) is 3.15. The summed E-state index contributed by atoms with van der Waals surface area (Å²) in [6.07, 6.45) is 3.53. The lowest BCUT2D eigenvalue weighted by Crippen LogP contribution is -2.18. The molecule has 4 heteroatoms. The first-order valence-electron chi connectivity index (χ1n) is 6.12. The molecule has 0 amide bonds. The van der Waals surface area contributed by atoms with E-state index in [0.717, 1.165) is 31.4 Å². The number of anilines is 2. The van der Waals surface area contributed by atoms with E-state index in [-0.39, 0.29) is 0 Å². The second kappa shape index (κ2) is 6.12. The monoisotopic (exact) mass is 254 g/mol. The molecular formula is C13H19ClN2O. The van der Waals surface area contributed by atoms with Crippen molar-refractivity contribution in [2.75, 3.05) is 30.8 Å². The van der Waals surface area contributed by atoms with Gasteiger partial charge in [0.25, 0.3) is 0 Å². The second-order valence-corrected chi connectivity index (χ2v) is 4.94. The lowest BCUT2D eigenvalue weighted by Gasteiger charge is -2.22. The van der Waals surface area contributed by atoms with Crippen molar-refractivity contribution >= 4 is 23.0 Å². The second-order valence-electron chi connectivity index (χ2n) is 4.50. The SMILES string of the molecule is Nc1cc(Cl)ccc1NCCC1CCOCC1. The zero-order valence-electron chi connectivity index (χ0n) is 9.92. The summed E-state index contributed by atoms with van der Waals surface area (Å²) in [5.41, 5.74) is 7.56. The zero-order chi connectivity index (χ0) is 12.1. The Hall–Kier alpha value is -0.930. The standard InChI is InChI=1S/C13H19ClN2O/c14-11-1-2-13(12(15)9-11)16-6-3-10-4-7-17-8-5-10/h1-2,9-10,16H,3-8,15H2. The van der Waals surface area contributed by atoms with E-state index in [9.17, 15) is 0 Å². The average Bonchev–Trinajstić information content (AvgIpc) is 2.33. The average molecular weight is 255 g/mol. The van der Waals surface area contributed by atoms with Crippen LogP contribution in [0.1, 0.15) is 19.3 Å². The van der Waals surface area contributed by atoms with Crippen LogP contribution in [0, 0.1) is 5.92 Å². The molecule has 0 aromatic heterocycles. The van der Waals surface area contributed by atoms with Gasteiger partial charge >= 0.3 is 0 Å². The lowest BCUT2D eigenvalue weighted by molar-refractivity contribution is 0.0649. The Morgan fingerprint density at radius 1 is 1.35 bits per heavy atom. The van der Waals surface area contributed by atoms with E-state index in [2.05, 4.69) is 5.32 Å². The fraction of sp³-hybridized carbons (Fsp3) is 0.538. The molecule has 3 N–H and O–H groups in total. The maximum Gasteiger partial charge on any atom is 0.0574 e. The largest absolute Gasteiger partial charge is 0.397 e. The summed E-state index contributed by atoms with van der Waals surface area (Å²) in [7, 11) is 0. The van der Waals surface area contributed by atoms with E-state index in [1.54, 1.807) is 6.07 Å². The quantitative estimate of drug-likeness (QED) is 0.812. The maximum atomic E-state index is 5.87. The number of nitrogens with two attached hydrogens (primary N) is 1. The van der Waals surface area contributed by atoms with Crippen LogP contribution < -0.4 is 11.1 Å². The Bertz CT molecular complexity index is 364. The molecule has 0 saturated carbocycles. The van der Waals surface area contributed by atoms with Crippen LogP contribution in [0.2, 0.25) is 5.02 Å². The minimum absolute atomic E-state index is 0.678. The zero-order valence-corrected chi connectivity index (χ0v) is 10.7. The minimum Gasteiger partial charge on any atom is -0.397 e. The molecular weight excluding hydrogens is 236 g/mol. The number of hydrogen-bond donors (Lipinski definition) is 2. The van der Waals surface area contributed by atoms with Crippen LogP contribution in [0.5, 0.6) is 0 Å². The molecule has 1 fully saturated rings. The molecule has 17 heavy (non-hydrogen) atoms. The van der Waals surface area contributed by atoms with Crippen molar-refractivity contribution in [2.24, 2.45) is 5.92 Å². The minimum atomic E-state index is 0.678. The number of benzene rings is 1. The molecule has 0 atom stereocenters. The molecule has 3 nitrogen and oxygen atoms in total. The smallest absolute Gasteiger partial charge is 0.0574 e. The molecule has 1 aliphatic heterocycles. The predicted molar refractivity (Wildman–Crippen MR) is 72.5 cm³/mol. The van der Waals surface area contributed by atoms with Gasteiger partial charge in [-0.25, -0.2) is 0 Å². The van der Waals surface area contributed by atoms with E-state index >= 15 is 0 Å². The molecule has 1 aromatic rings. The molecule has 0 aliphatic carbocycles.